The lowest BCUT2D eigenvalue weighted by molar-refractivity contribution is 0.215. The first-order valence-electron chi connectivity index (χ1n) is 21.3. The zero-order valence-electron chi connectivity index (χ0n) is 34.3. The lowest BCUT2D eigenvalue weighted by Crippen LogP contribution is -2.61. The number of nitrogens with zero attached hydrogens (tertiary/aromatic N) is 3. The minimum Gasteiger partial charge on any atom is -0.334 e. The SMILES string of the molecule is Cc1cc2c3c(c1)N(c1ccc(C(C)(C)C)cc1)c1cc(N4c5ccccc5C5(c6ccccc6)CCCCC45C)ccc1B3c1ccccc1N2c1ccccc1. The molecule has 7 aromatic carbocycles. The quantitative estimate of drug-likeness (QED) is 0.166. The third-order valence-electron chi connectivity index (χ3n) is 14.1. The van der Waals surface area contributed by atoms with Crippen LogP contribution < -0.4 is 31.1 Å². The Morgan fingerprint density at radius 1 is 0.517 bits per heavy atom. The number of hydrogen-bond donors (Lipinski definition) is 0. The second-order valence-corrected chi connectivity index (χ2v) is 18.4. The summed E-state index contributed by atoms with van der Waals surface area (Å²) in [5.74, 6) is 0. The van der Waals surface area contributed by atoms with Crippen molar-refractivity contribution in [2.75, 3.05) is 14.7 Å². The fraction of sp³-hybridized carbons (Fsp3) is 0.222. The number of fused-ring (bicyclic) bond motifs is 7. The van der Waals surface area contributed by atoms with Gasteiger partial charge in [-0.3, -0.25) is 0 Å². The van der Waals surface area contributed by atoms with Crippen molar-refractivity contribution >= 4 is 68.6 Å². The van der Waals surface area contributed by atoms with E-state index in [-0.39, 0.29) is 23.1 Å². The standard InChI is InChI=1S/C54H50BN3/c1-37-34-49-51-50(35-37)57(41-28-26-38(27-29-41)52(2,3)4)48-36-42(30-31-45(48)55(51)44-23-13-15-25-47(44)56(49)40-20-10-7-11-21-40)58-46-24-14-12-22-43(46)54(39-18-8-6-9-19-39)33-17-16-32-53(54,58)5/h6-15,18-31,34-36H,16-17,32-33H2,1-5H3. The van der Waals surface area contributed by atoms with E-state index in [1.54, 1.807) is 0 Å². The Kier molecular flexibility index (Phi) is 7.74. The molecule has 1 fully saturated rings. The normalized spacial score (nSPS) is 20.2. The molecule has 7 aromatic rings. The van der Waals surface area contributed by atoms with Gasteiger partial charge in [-0.25, -0.2) is 0 Å². The van der Waals surface area contributed by atoms with Crippen molar-refractivity contribution in [2.45, 2.75) is 76.7 Å². The zero-order chi connectivity index (χ0) is 39.4. The highest BCUT2D eigenvalue weighted by atomic mass is 15.3. The summed E-state index contributed by atoms with van der Waals surface area (Å²) in [6.07, 6.45) is 4.72. The molecule has 0 amide bonds. The van der Waals surface area contributed by atoms with Gasteiger partial charge in [-0.2, -0.15) is 0 Å². The molecule has 11 rings (SSSR count). The van der Waals surface area contributed by atoms with E-state index >= 15 is 0 Å². The molecule has 0 saturated heterocycles. The topological polar surface area (TPSA) is 9.72 Å². The molecule has 2 atom stereocenters. The highest BCUT2D eigenvalue weighted by molar-refractivity contribution is 7.00. The average Bonchev–Trinajstić information content (AvgIpc) is 3.49. The number of benzene rings is 7. The molecule has 0 bridgehead atoms. The molecular formula is C54H50BN3. The van der Waals surface area contributed by atoms with Gasteiger partial charge in [0.1, 0.15) is 0 Å². The molecule has 2 unspecified atom stereocenters. The first-order valence-corrected chi connectivity index (χ1v) is 21.3. The Balaban J connectivity index is 1.18. The van der Waals surface area contributed by atoms with E-state index in [2.05, 4.69) is 213 Å². The van der Waals surface area contributed by atoms with Crippen LogP contribution in [-0.2, 0) is 10.8 Å². The molecule has 0 spiro atoms. The van der Waals surface area contributed by atoms with E-state index in [1.165, 1.54) is 97.0 Å². The van der Waals surface area contributed by atoms with Gasteiger partial charge >= 0.3 is 0 Å². The third kappa shape index (κ3) is 4.87. The van der Waals surface area contributed by atoms with Gasteiger partial charge in [0.2, 0.25) is 0 Å². The average molecular weight is 752 g/mol. The van der Waals surface area contributed by atoms with Crippen molar-refractivity contribution in [1.82, 2.24) is 0 Å². The molecule has 0 radical (unpaired) electrons. The van der Waals surface area contributed by atoms with Crippen LogP contribution in [0.15, 0.2) is 164 Å². The van der Waals surface area contributed by atoms with Crippen molar-refractivity contribution in [1.29, 1.82) is 0 Å². The first-order chi connectivity index (χ1) is 28.2. The van der Waals surface area contributed by atoms with Crippen LogP contribution in [0.5, 0.6) is 0 Å². The maximum Gasteiger partial charge on any atom is 0.252 e. The Hall–Kier alpha value is -6.00. The summed E-state index contributed by atoms with van der Waals surface area (Å²) in [7, 11) is 0. The molecule has 0 N–H and O–H groups in total. The first kappa shape index (κ1) is 35.2. The van der Waals surface area contributed by atoms with Gasteiger partial charge in [0.25, 0.3) is 6.71 Å². The van der Waals surface area contributed by atoms with Crippen molar-refractivity contribution < 1.29 is 0 Å². The Morgan fingerprint density at radius 3 is 1.81 bits per heavy atom. The number of rotatable bonds is 4. The van der Waals surface area contributed by atoms with Crippen LogP contribution >= 0.6 is 0 Å². The van der Waals surface area contributed by atoms with Crippen LogP contribution in [-0.4, -0.2) is 12.3 Å². The predicted molar refractivity (Wildman–Crippen MR) is 247 cm³/mol. The predicted octanol–water partition coefficient (Wildman–Crippen LogP) is 12.1. The summed E-state index contributed by atoms with van der Waals surface area (Å²) in [5.41, 5.74) is 19.3. The minimum atomic E-state index is -0.145. The van der Waals surface area contributed by atoms with E-state index in [1.807, 2.05) is 0 Å². The van der Waals surface area contributed by atoms with Gasteiger partial charge in [0.05, 0.1) is 5.54 Å². The fourth-order valence-corrected chi connectivity index (χ4v) is 11.6. The van der Waals surface area contributed by atoms with Crippen LogP contribution in [0.3, 0.4) is 0 Å². The summed E-state index contributed by atoms with van der Waals surface area (Å²) >= 11 is 0. The summed E-state index contributed by atoms with van der Waals surface area (Å²) in [4.78, 5) is 7.82. The largest absolute Gasteiger partial charge is 0.334 e. The lowest BCUT2D eigenvalue weighted by atomic mass is 9.33. The highest BCUT2D eigenvalue weighted by Gasteiger charge is 2.61. The summed E-state index contributed by atoms with van der Waals surface area (Å²) in [6.45, 7) is 11.8. The Labute approximate surface area is 344 Å². The molecule has 3 aliphatic heterocycles. The van der Waals surface area contributed by atoms with Crippen molar-refractivity contribution in [3.05, 3.63) is 186 Å². The summed E-state index contributed by atoms with van der Waals surface area (Å²) in [6, 6.07) is 62.4. The maximum atomic E-state index is 2.75. The van der Waals surface area contributed by atoms with Crippen LogP contribution in [0.25, 0.3) is 0 Å². The smallest absolute Gasteiger partial charge is 0.252 e. The zero-order valence-corrected chi connectivity index (χ0v) is 34.3. The maximum absolute atomic E-state index is 2.75. The van der Waals surface area contributed by atoms with Crippen LogP contribution in [0.2, 0.25) is 0 Å². The van der Waals surface area contributed by atoms with Gasteiger partial charge in [-0.15, -0.1) is 0 Å². The fourth-order valence-electron chi connectivity index (χ4n) is 11.6. The second-order valence-electron chi connectivity index (χ2n) is 18.4. The van der Waals surface area contributed by atoms with Crippen LogP contribution in [0.1, 0.15) is 75.6 Å². The van der Waals surface area contributed by atoms with E-state index < -0.39 is 0 Å². The number of aryl methyl sites for hydroxylation is 1. The molecule has 4 aliphatic rings. The molecular weight excluding hydrogens is 701 g/mol. The molecule has 3 nitrogen and oxygen atoms in total. The molecule has 58 heavy (non-hydrogen) atoms. The number of para-hydroxylation sites is 3. The molecule has 3 heterocycles. The van der Waals surface area contributed by atoms with E-state index in [4.69, 9.17) is 0 Å². The van der Waals surface area contributed by atoms with Gasteiger partial charge in [0, 0.05) is 50.9 Å². The van der Waals surface area contributed by atoms with Crippen LogP contribution in [0, 0.1) is 6.92 Å². The molecule has 0 aromatic heterocycles. The minimum absolute atomic E-state index is 0.0584. The van der Waals surface area contributed by atoms with Crippen LogP contribution in [0.4, 0.5) is 45.5 Å². The second kappa shape index (κ2) is 12.8. The van der Waals surface area contributed by atoms with Gasteiger partial charge in [-0.05, 0) is 131 Å². The van der Waals surface area contributed by atoms with E-state index in [9.17, 15) is 0 Å². The summed E-state index contributed by atoms with van der Waals surface area (Å²) < 4.78 is 0. The van der Waals surface area contributed by atoms with Gasteiger partial charge in [-0.1, -0.05) is 137 Å². The summed E-state index contributed by atoms with van der Waals surface area (Å²) in [5, 5.41) is 0. The Bertz CT molecular complexity index is 2720. The highest BCUT2D eigenvalue weighted by Crippen LogP contribution is 2.63. The number of anilines is 8. The van der Waals surface area contributed by atoms with Crippen molar-refractivity contribution in [3.63, 3.8) is 0 Å². The Morgan fingerprint density at radius 2 is 1.09 bits per heavy atom. The van der Waals surface area contributed by atoms with Gasteiger partial charge in [0.15, 0.2) is 0 Å². The monoisotopic (exact) mass is 751 g/mol. The molecule has 284 valence electrons. The van der Waals surface area contributed by atoms with E-state index in [0.29, 0.717) is 0 Å². The van der Waals surface area contributed by atoms with Crippen molar-refractivity contribution in [3.8, 4) is 0 Å². The molecule has 4 heteroatoms. The molecule has 1 saturated carbocycles. The van der Waals surface area contributed by atoms with E-state index in [0.717, 1.165) is 12.8 Å². The number of hydrogen-bond acceptors (Lipinski definition) is 3. The van der Waals surface area contributed by atoms with Gasteiger partial charge < -0.3 is 14.7 Å². The molecule has 1 aliphatic carbocycles. The van der Waals surface area contributed by atoms with Crippen molar-refractivity contribution in [2.24, 2.45) is 0 Å². The third-order valence-corrected chi connectivity index (χ3v) is 14.1. The lowest BCUT2D eigenvalue weighted by Gasteiger charge is -2.52.